The summed E-state index contributed by atoms with van der Waals surface area (Å²) in [5.74, 6) is 0.728. The highest BCUT2D eigenvalue weighted by Gasteiger charge is 2.58. The van der Waals surface area contributed by atoms with Gasteiger partial charge in [-0.15, -0.1) is 0 Å². The van der Waals surface area contributed by atoms with Gasteiger partial charge in [0.15, 0.2) is 0 Å². The predicted molar refractivity (Wildman–Crippen MR) is 91.1 cm³/mol. The van der Waals surface area contributed by atoms with Crippen LogP contribution in [-0.4, -0.2) is 34.6 Å². The minimum atomic E-state index is 0.0418. The third-order valence-electron chi connectivity index (χ3n) is 6.41. The second kappa shape index (κ2) is 4.68. The van der Waals surface area contributed by atoms with Crippen molar-refractivity contribution in [2.75, 3.05) is 18.8 Å². The Morgan fingerprint density at radius 2 is 2.30 bits per heavy atom. The van der Waals surface area contributed by atoms with E-state index in [0.717, 1.165) is 30.0 Å². The quantitative estimate of drug-likeness (QED) is 0.866. The Morgan fingerprint density at radius 1 is 1.39 bits per heavy atom. The summed E-state index contributed by atoms with van der Waals surface area (Å²) >= 11 is 0. The minimum absolute atomic E-state index is 0.0418. The molecule has 6 heterocycles. The maximum Gasteiger partial charge on any atom is 0.101 e. The Bertz CT molecular complexity index is 776. The number of hydrogen-bond acceptors (Lipinski definition) is 4. The lowest BCUT2D eigenvalue weighted by Crippen LogP contribution is -2.70. The van der Waals surface area contributed by atoms with Gasteiger partial charge < -0.3 is 10.5 Å². The summed E-state index contributed by atoms with van der Waals surface area (Å²) in [6.07, 6.45) is 7.68. The largest absolute Gasteiger partial charge is 0.399 e. The van der Waals surface area contributed by atoms with Crippen LogP contribution in [0.3, 0.4) is 0 Å². The molecule has 4 heteroatoms. The van der Waals surface area contributed by atoms with Crippen LogP contribution in [0.15, 0.2) is 30.6 Å². The summed E-state index contributed by atoms with van der Waals surface area (Å²) in [6, 6.07) is 6.57. The molecule has 0 saturated carbocycles. The average molecular weight is 309 g/mol. The van der Waals surface area contributed by atoms with Crippen LogP contribution < -0.4 is 5.73 Å². The number of nitrogen functional groups attached to an aromatic ring is 1. The van der Waals surface area contributed by atoms with Crippen molar-refractivity contribution in [1.82, 2.24) is 9.88 Å². The fraction of sp³-hybridized carbons (Fsp3) is 0.526. The number of fused-ring (bicyclic) bond motifs is 3. The molecule has 5 saturated heterocycles. The fourth-order valence-electron chi connectivity index (χ4n) is 5.16. The van der Waals surface area contributed by atoms with E-state index in [2.05, 4.69) is 28.9 Å². The van der Waals surface area contributed by atoms with E-state index in [0.29, 0.717) is 6.04 Å². The van der Waals surface area contributed by atoms with E-state index >= 15 is 0 Å². The van der Waals surface area contributed by atoms with E-state index in [-0.39, 0.29) is 11.7 Å². The first-order chi connectivity index (χ1) is 11.2. The number of piperidine rings is 3. The molecule has 2 N–H and O–H groups in total. The molecule has 5 atom stereocenters. The van der Waals surface area contributed by atoms with Gasteiger partial charge in [0.1, 0.15) is 6.10 Å². The van der Waals surface area contributed by atoms with E-state index in [4.69, 9.17) is 10.5 Å². The van der Waals surface area contributed by atoms with Gasteiger partial charge in [-0.1, -0.05) is 13.0 Å². The van der Waals surface area contributed by atoms with E-state index < -0.39 is 0 Å². The SMILES string of the molecule is CC[C@]12CN3CCC1CC3C(c1cncc3ccc(N)cc13)O2. The molecule has 5 aliphatic heterocycles. The highest BCUT2D eigenvalue weighted by Crippen LogP contribution is 2.54. The molecule has 23 heavy (non-hydrogen) atoms. The third-order valence-corrected chi connectivity index (χ3v) is 6.41. The van der Waals surface area contributed by atoms with Crippen molar-refractivity contribution in [2.45, 2.75) is 43.9 Å². The molecule has 0 spiro atoms. The molecule has 7 rings (SSSR count). The lowest BCUT2D eigenvalue weighted by atomic mass is 9.66. The van der Waals surface area contributed by atoms with Crippen molar-refractivity contribution in [3.63, 3.8) is 0 Å². The zero-order valence-electron chi connectivity index (χ0n) is 13.5. The van der Waals surface area contributed by atoms with E-state index in [1.807, 2.05) is 18.5 Å². The second-order valence-corrected chi connectivity index (χ2v) is 7.43. The number of morpholine rings is 1. The van der Waals surface area contributed by atoms with Gasteiger partial charge in [0.25, 0.3) is 0 Å². The summed E-state index contributed by atoms with van der Waals surface area (Å²) in [4.78, 5) is 7.13. The Balaban J connectivity index is 1.64. The molecule has 1 aromatic carbocycles. The molecule has 5 fully saturated rings. The molecule has 1 aromatic heterocycles. The van der Waals surface area contributed by atoms with Gasteiger partial charge in [-0.25, -0.2) is 0 Å². The summed E-state index contributed by atoms with van der Waals surface area (Å²) < 4.78 is 6.77. The summed E-state index contributed by atoms with van der Waals surface area (Å²) in [7, 11) is 0. The molecule has 4 nitrogen and oxygen atoms in total. The summed E-state index contributed by atoms with van der Waals surface area (Å²) in [6.45, 7) is 4.60. The van der Waals surface area contributed by atoms with E-state index in [1.54, 1.807) is 0 Å². The number of benzene rings is 1. The monoisotopic (exact) mass is 309 g/mol. The highest BCUT2D eigenvalue weighted by molar-refractivity contribution is 5.87. The van der Waals surface area contributed by atoms with Gasteiger partial charge in [-0.3, -0.25) is 9.88 Å². The number of ether oxygens (including phenoxy) is 1. The Kier molecular flexibility index (Phi) is 2.80. The highest BCUT2D eigenvalue weighted by atomic mass is 16.5. The topological polar surface area (TPSA) is 51.4 Å². The Hall–Kier alpha value is -1.65. The first-order valence-electron chi connectivity index (χ1n) is 8.75. The minimum Gasteiger partial charge on any atom is -0.399 e. The standard InChI is InChI=1S/C19H23N3O/c1-2-19-11-22-6-5-13(19)7-17(22)18(23-19)16-10-21-9-12-3-4-14(20)8-15(12)16/h3-4,8-10,13,17-18H,2,5-7,11,20H2,1H3/t13?,17?,18?,19-/m0/s1. The van der Waals surface area contributed by atoms with Crippen LogP contribution >= 0.6 is 0 Å². The van der Waals surface area contributed by atoms with Crippen molar-refractivity contribution in [3.05, 3.63) is 36.2 Å². The summed E-state index contributed by atoms with van der Waals surface area (Å²) in [5.41, 5.74) is 8.10. The van der Waals surface area contributed by atoms with Crippen LogP contribution in [0.1, 0.15) is 37.9 Å². The molecule has 0 aliphatic carbocycles. The van der Waals surface area contributed by atoms with Crippen molar-refractivity contribution in [3.8, 4) is 0 Å². The molecule has 2 aromatic rings. The number of pyridine rings is 1. The molecule has 4 unspecified atom stereocenters. The average Bonchev–Trinajstić information content (AvgIpc) is 2.61. The number of hydrogen-bond donors (Lipinski definition) is 1. The van der Waals surface area contributed by atoms with Crippen LogP contribution in [0.2, 0.25) is 0 Å². The van der Waals surface area contributed by atoms with Crippen LogP contribution in [0.4, 0.5) is 5.69 Å². The number of anilines is 1. The van der Waals surface area contributed by atoms with Gasteiger partial charge in [0.2, 0.25) is 0 Å². The summed E-state index contributed by atoms with van der Waals surface area (Å²) in [5, 5.41) is 2.34. The Morgan fingerprint density at radius 3 is 3.09 bits per heavy atom. The van der Waals surface area contributed by atoms with Gasteiger partial charge >= 0.3 is 0 Å². The van der Waals surface area contributed by atoms with Crippen LogP contribution in [0.25, 0.3) is 10.8 Å². The van der Waals surface area contributed by atoms with Gasteiger partial charge in [0, 0.05) is 41.6 Å². The van der Waals surface area contributed by atoms with E-state index in [1.165, 1.54) is 30.3 Å². The first kappa shape index (κ1) is 13.8. The van der Waals surface area contributed by atoms with Gasteiger partial charge in [-0.2, -0.15) is 0 Å². The number of nitrogens with two attached hydrogens (primary N) is 1. The zero-order chi connectivity index (χ0) is 15.6. The Labute approximate surface area is 136 Å². The van der Waals surface area contributed by atoms with E-state index in [9.17, 15) is 0 Å². The van der Waals surface area contributed by atoms with Crippen LogP contribution in [0, 0.1) is 5.92 Å². The predicted octanol–water partition coefficient (Wildman–Crippen LogP) is 3.13. The maximum absolute atomic E-state index is 6.77. The number of aromatic nitrogens is 1. The first-order valence-corrected chi connectivity index (χ1v) is 8.75. The molecule has 120 valence electrons. The van der Waals surface area contributed by atoms with Crippen molar-refractivity contribution >= 4 is 16.5 Å². The number of rotatable bonds is 2. The van der Waals surface area contributed by atoms with Crippen molar-refractivity contribution in [1.29, 1.82) is 0 Å². The molecule has 4 bridgehead atoms. The normalized spacial score (nSPS) is 38.3. The second-order valence-electron chi connectivity index (χ2n) is 7.43. The van der Waals surface area contributed by atoms with Gasteiger partial charge in [0.05, 0.1) is 5.60 Å². The molecule has 0 radical (unpaired) electrons. The molecular formula is C19H23N3O. The number of nitrogens with zero attached hydrogens (tertiary/aromatic N) is 2. The van der Waals surface area contributed by atoms with Crippen LogP contribution in [0.5, 0.6) is 0 Å². The van der Waals surface area contributed by atoms with Crippen LogP contribution in [-0.2, 0) is 4.74 Å². The van der Waals surface area contributed by atoms with Gasteiger partial charge in [-0.05, 0) is 49.2 Å². The van der Waals surface area contributed by atoms with Crippen molar-refractivity contribution < 1.29 is 4.74 Å². The third kappa shape index (κ3) is 1.82. The maximum atomic E-state index is 6.77. The van der Waals surface area contributed by atoms with Crippen molar-refractivity contribution in [2.24, 2.45) is 5.92 Å². The smallest absolute Gasteiger partial charge is 0.101 e. The lowest BCUT2D eigenvalue weighted by molar-refractivity contribution is -0.274. The fourth-order valence-corrected chi connectivity index (χ4v) is 5.16. The zero-order valence-corrected chi connectivity index (χ0v) is 13.5. The molecular weight excluding hydrogens is 286 g/mol. The lowest BCUT2D eigenvalue weighted by Gasteiger charge is -2.64. The molecule has 5 aliphatic rings. The molecule has 0 amide bonds.